The Kier molecular flexibility index (Phi) is 3.05. The number of hydrogen-bond donors (Lipinski definition) is 2. The first kappa shape index (κ1) is 10.1. The summed E-state index contributed by atoms with van der Waals surface area (Å²) in [5.41, 5.74) is 8.57. The number of anilines is 2. The quantitative estimate of drug-likeness (QED) is 0.764. The molecule has 3 nitrogen and oxygen atoms in total. The topological polar surface area (TPSA) is 47.9 Å². The predicted molar refractivity (Wildman–Crippen MR) is 64.8 cm³/mol. The zero-order valence-corrected chi connectivity index (χ0v) is 8.64. The smallest absolute Gasteiger partial charge is 0.0992 e. The number of nitrogens with one attached hydrogen (secondary N) is 2. The summed E-state index contributed by atoms with van der Waals surface area (Å²) in [6.45, 7) is 0. The van der Waals surface area contributed by atoms with Crippen molar-refractivity contribution in [3.63, 3.8) is 0 Å². The molecule has 0 heterocycles. The highest BCUT2D eigenvalue weighted by Crippen LogP contribution is 2.11. The Morgan fingerprint density at radius 2 is 1.50 bits per heavy atom. The molecule has 2 aromatic rings. The van der Waals surface area contributed by atoms with E-state index in [1.165, 1.54) is 0 Å². The summed E-state index contributed by atoms with van der Waals surface area (Å²) in [5.74, 6) is 0. The maximum atomic E-state index is 8.75. The van der Waals surface area contributed by atoms with Crippen molar-refractivity contribution in [3.8, 4) is 6.07 Å². The van der Waals surface area contributed by atoms with Crippen LogP contribution in [-0.4, -0.2) is 0 Å². The molecule has 0 aliphatic heterocycles. The molecule has 2 N–H and O–H groups in total. The minimum absolute atomic E-state index is 0.639. The highest BCUT2D eigenvalue weighted by molar-refractivity contribution is 5.54. The van der Waals surface area contributed by atoms with E-state index in [9.17, 15) is 0 Å². The van der Waals surface area contributed by atoms with E-state index in [1.807, 2.05) is 42.5 Å². The van der Waals surface area contributed by atoms with Crippen LogP contribution in [0.1, 0.15) is 5.56 Å². The second kappa shape index (κ2) is 4.85. The van der Waals surface area contributed by atoms with E-state index in [4.69, 9.17) is 5.26 Å². The van der Waals surface area contributed by atoms with Gasteiger partial charge < -0.3 is 10.9 Å². The number of para-hydroxylation sites is 1. The normalized spacial score (nSPS) is 9.19. The monoisotopic (exact) mass is 209 g/mol. The van der Waals surface area contributed by atoms with Gasteiger partial charge in [0, 0.05) is 0 Å². The number of benzene rings is 2. The summed E-state index contributed by atoms with van der Waals surface area (Å²) in [7, 11) is 0. The third-order valence-electron chi connectivity index (χ3n) is 2.12. The molecule has 0 spiro atoms. The van der Waals surface area contributed by atoms with Crippen LogP contribution >= 0.6 is 0 Å². The largest absolute Gasteiger partial charge is 0.301 e. The Morgan fingerprint density at radius 1 is 0.812 bits per heavy atom. The maximum absolute atomic E-state index is 8.75. The van der Waals surface area contributed by atoms with Crippen LogP contribution < -0.4 is 10.9 Å². The minimum Gasteiger partial charge on any atom is -0.301 e. The van der Waals surface area contributed by atoms with Crippen molar-refractivity contribution >= 4 is 11.4 Å². The van der Waals surface area contributed by atoms with Crippen LogP contribution in [0, 0.1) is 11.3 Å². The molecule has 78 valence electrons. The van der Waals surface area contributed by atoms with Crippen LogP contribution in [0.15, 0.2) is 54.6 Å². The lowest BCUT2D eigenvalue weighted by molar-refractivity contribution is 1.40. The van der Waals surface area contributed by atoms with Crippen LogP contribution in [0.5, 0.6) is 0 Å². The molecular weight excluding hydrogens is 198 g/mol. The summed E-state index contributed by atoms with van der Waals surface area (Å²) in [4.78, 5) is 0. The third-order valence-corrected chi connectivity index (χ3v) is 2.12. The van der Waals surface area contributed by atoms with Gasteiger partial charge in [0.05, 0.1) is 23.0 Å². The van der Waals surface area contributed by atoms with Crippen molar-refractivity contribution in [2.24, 2.45) is 0 Å². The zero-order valence-electron chi connectivity index (χ0n) is 8.64. The van der Waals surface area contributed by atoms with Crippen molar-refractivity contribution in [1.82, 2.24) is 0 Å². The van der Waals surface area contributed by atoms with E-state index >= 15 is 0 Å². The van der Waals surface area contributed by atoms with Crippen molar-refractivity contribution in [2.75, 3.05) is 10.9 Å². The van der Waals surface area contributed by atoms with E-state index in [0.29, 0.717) is 5.56 Å². The lowest BCUT2D eigenvalue weighted by atomic mass is 10.2. The fourth-order valence-corrected chi connectivity index (χ4v) is 1.33. The second-order valence-electron chi connectivity index (χ2n) is 3.31. The van der Waals surface area contributed by atoms with Gasteiger partial charge in [-0.15, -0.1) is 0 Å². The Balaban J connectivity index is 2.03. The Morgan fingerprint density at radius 3 is 2.25 bits per heavy atom. The molecule has 0 aliphatic rings. The molecule has 0 saturated carbocycles. The highest BCUT2D eigenvalue weighted by atomic mass is 15.4. The van der Waals surface area contributed by atoms with Gasteiger partial charge in [-0.2, -0.15) is 5.26 Å². The van der Waals surface area contributed by atoms with Crippen LogP contribution in [0.3, 0.4) is 0 Å². The van der Waals surface area contributed by atoms with Gasteiger partial charge >= 0.3 is 0 Å². The van der Waals surface area contributed by atoms with Gasteiger partial charge in [-0.3, -0.25) is 0 Å². The molecule has 0 amide bonds. The van der Waals surface area contributed by atoms with E-state index in [2.05, 4.69) is 16.9 Å². The van der Waals surface area contributed by atoms with Crippen LogP contribution in [0.25, 0.3) is 0 Å². The summed E-state index contributed by atoms with van der Waals surface area (Å²) in [5, 5.41) is 8.75. The molecule has 0 fully saturated rings. The predicted octanol–water partition coefficient (Wildman–Crippen LogP) is 3.00. The lowest BCUT2D eigenvalue weighted by Gasteiger charge is -2.09. The first-order valence-corrected chi connectivity index (χ1v) is 4.96. The van der Waals surface area contributed by atoms with Crippen molar-refractivity contribution in [3.05, 3.63) is 60.2 Å². The van der Waals surface area contributed by atoms with Crippen molar-refractivity contribution < 1.29 is 0 Å². The molecule has 0 bridgehead atoms. The van der Waals surface area contributed by atoms with Gasteiger partial charge in [-0.05, 0) is 30.3 Å². The summed E-state index contributed by atoms with van der Waals surface area (Å²) < 4.78 is 0. The molecule has 3 heteroatoms. The van der Waals surface area contributed by atoms with Gasteiger partial charge in [0.15, 0.2) is 0 Å². The number of nitrogens with zero attached hydrogens (tertiary/aromatic N) is 1. The molecule has 2 rings (SSSR count). The van der Waals surface area contributed by atoms with Gasteiger partial charge in [-0.25, -0.2) is 0 Å². The fraction of sp³-hybridized carbons (Fsp3) is 0. The molecule has 2 aromatic carbocycles. The van der Waals surface area contributed by atoms with E-state index in [1.54, 1.807) is 12.1 Å². The number of hydrazine groups is 1. The molecule has 0 aliphatic carbocycles. The number of rotatable bonds is 3. The van der Waals surface area contributed by atoms with Gasteiger partial charge in [0.2, 0.25) is 0 Å². The number of hydrogen-bond acceptors (Lipinski definition) is 3. The SMILES string of the molecule is N#Cc1cccc(NNc2ccccc2)c1. The summed E-state index contributed by atoms with van der Waals surface area (Å²) in [6, 6.07) is 19.2. The van der Waals surface area contributed by atoms with Crippen LogP contribution in [0.2, 0.25) is 0 Å². The number of nitriles is 1. The van der Waals surface area contributed by atoms with E-state index < -0.39 is 0 Å². The van der Waals surface area contributed by atoms with Crippen molar-refractivity contribution in [1.29, 1.82) is 5.26 Å². The molecule has 0 aromatic heterocycles. The Labute approximate surface area is 94.3 Å². The second-order valence-corrected chi connectivity index (χ2v) is 3.31. The van der Waals surface area contributed by atoms with E-state index in [-0.39, 0.29) is 0 Å². The Hall–Kier alpha value is -2.47. The molecule has 16 heavy (non-hydrogen) atoms. The van der Waals surface area contributed by atoms with Gasteiger partial charge in [0.25, 0.3) is 0 Å². The molecule has 0 radical (unpaired) electrons. The van der Waals surface area contributed by atoms with Gasteiger partial charge in [-0.1, -0.05) is 24.3 Å². The van der Waals surface area contributed by atoms with Crippen LogP contribution in [0.4, 0.5) is 11.4 Å². The molecular formula is C13H11N3. The van der Waals surface area contributed by atoms with Crippen LogP contribution in [-0.2, 0) is 0 Å². The lowest BCUT2D eigenvalue weighted by Crippen LogP contribution is -2.08. The minimum atomic E-state index is 0.639. The first-order valence-electron chi connectivity index (χ1n) is 4.96. The molecule has 0 unspecified atom stereocenters. The zero-order chi connectivity index (χ0) is 11.2. The maximum Gasteiger partial charge on any atom is 0.0992 e. The highest BCUT2D eigenvalue weighted by Gasteiger charge is 1.93. The van der Waals surface area contributed by atoms with Crippen molar-refractivity contribution in [2.45, 2.75) is 0 Å². The summed E-state index contributed by atoms with van der Waals surface area (Å²) >= 11 is 0. The average molecular weight is 209 g/mol. The Bertz CT molecular complexity index is 500. The first-order chi connectivity index (χ1) is 7.88. The van der Waals surface area contributed by atoms with Gasteiger partial charge in [0.1, 0.15) is 0 Å². The molecule has 0 atom stereocenters. The molecule has 0 saturated heterocycles. The average Bonchev–Trinajstić information content (AvgIpc) is 2.38. The third kappa shape index (κ3) is 2.52. The standard InChI is InChI=1S/C13H11N3/c14-10-11-5-4-8-13(9-11)16-15-12-6-2-1-3-7-12/h1-9,15-16H. The fourth-order valence-electron chi connectivity index (χ4n) is 1.33. The summed E-state index contributed by atoms with van der Waals surface area (Å²) in [6.07, 6.45) is 0. The van der Waals surface area contributed by atoms with E-state index in [0.717, 1.165) is 11.4 Å².